The molecule has 2 rings (SSSR count). The number of urea groups is 1. The van der Waals surface area contributed by atoms with Crippen LogP contribution in [0.25, 0.3) is 0 Å². The molecule has 0 aromatic heterocycles. The number of nitrogens with one attached hydrogen (secondary N) is 2. The van der Waals surface area contributed by atoms with Crippen molar-refractivity contribution < 1.29 is 14.7 Å². The van der Waals surface area contributed by atoms with Crippen LogP contribution in [-0.2, 0) is 4.79 Å². The normalized spacial score (nSPS) is 29.1. The van der Waals surface area contributed by atoms with E-state index in [1.165, 1.54) is 6.42 Å². The van der Waals surface area contributed by atoms with Gasteiger partial charge in [0, 0.05) is 11.3 Å². The summed E-state index contributed by atoms with van der Waals surface area (Å²) < 4.78 is 0. The fourth-order valence-electron chi connectivity index (χ4n) is 2.85. The lowest BCUT2D eigenvalue weighted by Crippen LogP contribution is -2.62. The molecular formula is C13H22N2O3S. The fourth-order valence-corrected chi connectivity index (χ4v) is 3.68. The van der Waals surface area contributed by atoms with Gasteiger partial charge in [-0.3, -0.25) is 0 Å². The van der Waals surface area contributed by atoms with E-state index in [0.29, 0.717) is 18.1 Å². The summed E-state index contributed by atoms with van der Waals surface area (Å²) in [5, 5.41) is 15.4. The second-order valence-electron chi connectivity index (χ2n) is 5.56. The number of aliphatic carboxylic acids is 1. The minimum absolute atomic E-state index is 0.178. The third-order valence-corrected chi connectivity index (χ3v) is 5.36. The van der Waals surface area contributed by atoms with Gasteiger partial charge in [-0.25, -0.2) is 9.59 Å². The average Bonchev–Trinajstić information content (AvgIpc) is 2.33. The van der Waals surface area contributed by atoms with Crippen LogP contribution in [0.4, 0.5) is 4.79 Å². The van der Waals surface area contributed by atoms with Gasteiger partial charge in [-0.1, -0.05) is 6.42 Å². The molecule has 2 aliphatic carbocycles. The summed E-state index contributed by atoms with van der Waals surface area (Å²) in [6, 6.07) is -0.147. The zero-order chi connectivity index (χ0) is 13.9. The van der Waals surface area contributed by atoms with E-state index in [2.05, 4.69) is 16.9 Å². The smallest absolute Gasteiger partial charge is 0.329 e. The largest absolute Gasteiger partial charge is 0.480 e. The number of carboxylic acids is 1. The molecule has 3 N–H and O–H groups in total. The van der Waals surface area contributed by atoms with E-state index in [1.54, 1.807) is 0 Å². The lowest BCUT2D eigenvalue weighted by molar-refractivity contribution is -0.148. The first-order valence-electron chi connectivity index (χ1n) is 6.90. The Labute approximate surface area is 117 Å². The molecule has 2 atom stereocenters. The molecule has 0 heterocycles. The molecule has 0 bridgehead atoms. The van der Waals surface area contributed by atoms with Crippen LogP contribution >= 0.6 is 11.8 Å². The predicted molar refractivity (Wildman–Crippen MR) is 75.4 cm³/mol. The van der Waals surface area contributed by atoms with Crippen molar-refractivity contribution in [3.63, 3.8) is 0 Å². The third kappa shape index (κ3) is 3.35. The maximum atomic E-state index is 11.9. The molecule has 6 heteroatoms. The van der Waals surface area contributed by atoms with Gasteiger partial charge in [0.25, 0.3) is 0 Å². The van der Waals surface area contributed by atoms with Crippen LogP contribution in [0, 0.1) is 0 Å². The Morgan fingerprint density at radius 2 is 2.00 bits per heavy atom. The zero-order valence-electron chi connectivity index (χ0n) is 11.3. The van der Waals surface area contributed by atoms with Crippen molar-refractivity contribution in [3.8, 4) is 0 Å². The quantitative estimate of drug-likeness (QED) is 0.738. The highest BCUT2D eigenvalue weighted by molar-refractivity contribution is 7.99. The topological polar surface area (TPSA) is 78.4 Å². The molecule has 2 aliphatic rings. The molecule has 5 nitrogen and oxygen atoms in total. The Morgan fingerprint density at radius 3 is 2.53 bits per heavy atom. The Kier molecular flexibility index (Phi) is 4.60. The summed E-state index contributed by atoms with van der Waals surface area (Å²) in [4.78, 5) is 23.1. The van der Waals surface area contributed by atoms with E-state index in [9.17, 15) is 14.7 Å². The van der Waals surface area contributed by atoms with Gasteiger partial charge in [0.15, 0.2) is 0 Å². The van der Waals surface area contributed by atoms with Crippen LogP contribution in [0.15, 0.2) is 0 Å². The number of carboxylic acid groups (broad SMARTS) is 1. The highest BCUT2D eigenvalue weighted by Crippen LogP contribution is 2.32. The van der Waals surface area contributed by atoms with Crippen LogP contribution in [0.5, 0.6) is 0 Å². The molecule has 0 radical (unpaired) electrons. The molecule has 0 saturated heterocycles. The molecule has 2 saturated carbocycles. The number of amides is 2. The number of rotatable bonds is 4. The molecule has 108 valence electrons. The first-order valence-corrected chi connectivity index (χ1v) is 8.19. The molecule has 2 amide bonds. The van der Waals surface area contributed by atoms with Crippen LogP contribution in [0.3, 0.4) is 0 Å². The lowest BCUT2D eigenvalue weighted by Gasteiger charge is -2.39. The monoisotopic (exact) mass is 286 g/mol. The van der Waals surface area contributed by atoms with Gasteiger partial charge < -0.3 is 15.7 Å². The van der Waals surface area contributed by atoms with E-state index >= 15 is 0 Å². The molecule has 0 aromatic rings. The number of hydrogen-bond donors (Lipinski definition) is 3. The summed E-state index contributed by atoms with van der Waals surface area (Å²) in [7, 11) is 0. The number of hydrogen-bond acceptors (Lipinski definition) is 3. The molecule has 2 unspecified atom stereocenters. The Balaban J connectivity index is 1.82. The molecule has 19 heavy (non-hydrogen) atoms. The second kappa shape index (κ2) is 6.03. The highest BCUT2D eigenvalue weighted by atomic mass is 32.2. The van der Waals surface area contributed by atoms with E-state index in [4.69, 9.17) is 0 Å². The fraction of sp³-hybridized carbons (Fsp3) is 0.846. The summed E-state index contributed by atoms with van der Waals surface area (Å²) in [5.41, 5.74) is -1.02. The summed E-state index contributed by atoms with van der Waals surface area (Å²) in [6.07, 6.45) is 8.34. The van der Waals surface area contributed by atoms with Crippen LogP contribution in [0.1, 0.15) is 44.9 Å². The van der Waals surface area contributed by atoms with Crippen molar-refractivity contribution in [1.82, 2.24) is 10.6 Å². The first-order chi connectivity index (χ1) is 9.05. The van der Waals surface area contributed by atoms with Crippen LogP contribution in [-0.4, -0.2) is 40.2 Å². The van der Waals surface area contributed by atoms with E-state index in [0.717, 1.165) is 25.7 Å². The van der Waals surface area contributed by atoms with Gasteiger partial charge in [-0.15, -0.1) is 0 Å². The Morgan fingerprint density at radius 1 is 1.26 bits per heavy atom. The molecule has 0 aliphatic heterocycles. The van der Waals surface area contributed by atoms with Crippen molar-refractivity contribution >= 4 is 23.8 Å². The second-order valence-corrected chi connectivity index (χ2v) is 6.70. The number of carbonyl (C=O) groups excluding carboxylic acids is 1. The maximum Gasteiger partial charge on any atom is 0.329 e. The van der Waals surface area contributed by atoms with Crippen molar-refractivity contribution in [3.05, 3.63) is 0 Å². The van der Waals surface area contributed by atoms with E-state index < -0.39 is 11.5 Å². The van der Waals surface area contributed by atoms with Crippen molar-refractivity contribution in [2.75, 3.05) is 6.26 Å². The Hall–Kier alpha value is -0.910. The average molecular weight is 286 g/mol. The van der Waals surface area contributed by atoms with E-state index in [-0.39, 0.29) is 12.1 Å². The standard InChI is InChI=1S/C13H22N2O3S/c1-19-10-5-2-4-9(8-10)14-12(18)15-13(11(16)17)6-3-7-13/h9-10H,2-8H2,1H3,(H,16,17)(H2,14,15,18). The van der Waals surface area contributed by atoms with Gasteiger partial charge in [-0.2, -0.15) is 11.8 Å². The van der Waals surface area contributed by atoms with Gasteiger partial charge >= 0.3 is 12.0 Å². The van der Waals surface area contributed by atoms with Crippen LogP contribution < -0.4 is 10.6 Å². The summed E-state index contributed by atoms with van der Waals surface area (Å²) in [5.74, 6) is -0.917. The summed E-state index contributed by atoms with van der Waals surface area (Å²) in [6.45, 7) is 0. The van der Waals surface area contributed by atoms with Gasteiger partial charge in [0.2, 0.25) is 0 Å². The number of thioether (sulfide) groups is 1. The van der Waals surface area contributed by atoms with Gasteiger partial charge in [-0.05, 0) is 44.8 Å². The van der Waals surface area contributed by atoms with Gasteiger partial charge in [0.05, 0.1) is 0 Å². The summed E-state index contributed by atoms with van der Waals surface area (Å²) >= 11 is 1.84. The van der Waals surface area contributed by atoms with Crippen LogP contribution in [0.2, 0.25) is 0 Å². The van der Waals surface area contributed by atoms with Crippen molar-refractivity contribution in [1.29, 1.82) is 0 Å². The predicted octanol–water partition coefficient (Wildman–Crippen LogP) is 1.97. The first kappa shape index (κ1) is 14.5. The van der Waals surface area contributed by atoms with Crippen molar-refractivity contribution in [2.45, 2.75) is 61.8 Å². The van der Waals surface area contributed by atoms with Gasteiger partial charge in [0.1, 0.15) is 5.54 Å². The molecular weight excluding hydrogens is 264 g/mol. The Bertz CT molecular complexity index is 358. The lowest BCUT2D eigenvalue weighted by atomic mass is 9.77. The molecule has 2 fully saturated rings. The SMILES string of the molecule is CSC1CCCC(NC(=O)NC2(C(=O)O)CCC2)C1. The molecule has 0 aromatic carbocycles. The number of carbonyl (C=O) groups is 2. The third-order valence-electron chi connectivity index (χ3n) is 4.26. The minimum Gasteiger partial charge on any atom is -0.480 e. The maximum absolute atomic E-state index is 11.9. The van der Waals surface area contributed by atoms with Crippen molar-refractivity contribution in [2.24, 2.45) is 0 Å². The molecule has 0 spiro atoms. The zero-order valence-corrected chi connectivity index (χ0v) is 12.1. The van der Waals surface area contributed by atoms with E-state index in [1.807, 2.05) is 11.8 Å². The highest BCUT2D eigenvalue weighted by Gasteiger charge is 2.45. The minimum atomic E-state index is -1.02.